The van der Waals surface area contributed by atoms with Gasteiger partial charge < -0.3 is 15.4 Å². The molecule has 0 aromatic carbocycles. The number of morpholine rings is 1. The lowest BCUT2D eigenvalue weighted by Gasteiger charge is -2.27. The molecule has 0 aliphatic carbocycles. The minimum atomic E-state index is 0.413. The van der Waals surface area contributed by atoms with Gasteiger partial charge in [0.15, 0.2) is 5.96 Å². The number of rotatable bonds is 9. The summed E-state index contributed by atoms with van der Waals surface area (Å²) in [4.78, 5) is 11.4. The Morgan fingerprint density at radius 2 is 2.04 bits per heavy atom. The topological polar surface area (TPSA) is 52.1 Å². The highest BCUT2D eigenvalue weighted by atomic mass is 32.1. The Balaban J connectivity index is 1.48. The molecule has 0 saturated carbocycles. The molecule has 1 aromatic rings. The molecule has 0 bridgehead atoms. The first kappa shape index (κ1) is 20.6. The van der Waals surface area contributed by atoms with Crippen LogP contribution in [0.1, 0.15) is 37.1 Å². The van der Waals surface area contributed by atoms with Crippen molar-refractivity contribution in [1.82, 2.24) is 20.4 Å². The smallest absolute Gasteiger partial charge is 0.191 e. The second kappa shape index (κ2) is 11.6. The molecule has 1 atom stereocenters. The molecule has 0 amide bonds. The zero-order valence-electron chi connectivity index (χ0n) is 16.7. The second-order valence-electron chi connectivity index (χ2n) is 7.23. The molecule has 7 heteroatoms. The van der Waals surface area contributed by atoms with Gasteiger partial charge in [0.05, 0.1) is 25.8 Å². The third-order valence-electron chi connectivity index (χ3n) is 5.27. The summed E-state index contributed by atoms with van der Waals surface area (Å²) in [5, 5.41) is 9.10. The van der Waals surface area contributed by atoms with Gasteiger partial charge in [0.1, 0.15) is 0 Å². The third-order valence-corrected chi connectivity index (χ3v) is 6.24. The normalized spacial score (nSPS) is 20.7. The van der Waals surface area contributed by atoms with Gasteiger partial charge in [-0.15, -0.1) is 11.3 Å². The summed E-state index contributed by atoms with van der Waals surface area (Å²) in [6, 6.07) is 4.82. The zero-order chi connectivity index (χ0) is 18.7. The fraction of sp³-hybridized carbons (Fsp3) is 0.750. The van der Waals surface area contributed by atoms with E-state index in [1.165, 1.54) is 30.8 Å². The van der Waals surface area contributed by atoms with Crippen molar-refractivity contribution in [2.24, 2.45) is 4.99 Å². The van der Waals surface area contributed by atoms with Crippen molar-refractivity contribution in [1.29, 1.82) is 0 Å². The third kappa shape index (κ3) is 6.75. The van der Waals surface area contributed by atoms with Gasteiger partial charge in [0.25, 0.3) is 0 Å². The number of nitrogens with one attached hydrogen (secondary N) is 2. The minimum Gasteiger partial charge on any atom is -0.379 e. The fourth-order valence-corrected chi connectivity index (χ4v) is 4.63. The number of nitrogens with zero attached hydrogens (tertiary/aromatic N) is 3. The number of ether oxygens (including phenoxy) is 1. The van der Waals surface area contributed by atoms with E-state index in [-0.39, 0.29) is 0 Å². The zero-order valence-corrected chi connectivity index (χ0v) is 17.5. The number of aliphatic imine (C=N–C) groups is 1. The standard InChI is InChI=1S/C20H35N5OS/c1-2-21-20(22-8-6-9-24-12-14-26-15-13-24)23-17-18(19-7-5-16-27-19)25-10-3-4-11-25/h5,7,16,18H,2-4,6,8-15,17H2,1H3,(H2,21,22,23). The van der Waals surface area contributed by atoms with Crippen molar-refractivity contribution in [2.75, 3.05) is 65.6 Å². The molecule has 3 heterocycles. The van der Waals surface area contributed by atoms with E-state index < -0.39 is 0 Å². The molecule has 6 nitrogen and oxygen atoms in total. The van der Waals surface area contributed by atoms with E-state index in [2.05, 4.69) is 44.9 Å². The molecular weight excluding hydrogens is 358 g/mol. The fourth-order valence-electron chi connectivity index (χ4n) is 3.77. The van der Waals surface area contributed by atoms with Crippen molar-refractivity contribution in [3.05, 3.63) is 22.4 Å². The Hall–Kier alpha value is -1.15. The highest BCUT2D eigenvalue weighted by Crippen LogP contribution is 2.28. The summed E-state index contributed by atoms with van der Waals surface area (Å²) in [6.07, 6.45) is 3.75. The lowest BCUT2D eigenvalue weighted by Crippen LogP contribution is -2.41. The van der Waals surface area contributed by atoms with Gasteiger partial charge in [-0.25, -0.2) is 0 Å². The lowest BCUT2D eigenvalue weighted by atomic mass is 10.2. The molecule has 1 aromatic heterocycles. The van der Waals surface area contributed by atoms with Crippen molar-refractivity contribution in [3.8, 4) is 0 Å². The van der Waals surface area contributed by atoms with Crippen LogP contribution in [0.2, 0.25) is 0 Å². The predicted octanol–water partition coefficient (Wildman–Crippen LogP) is 2.16. The van der Waals surface area contributed by atoms with E-state index in [1.807, 2.05) is 11.3 Å². The van der Waals surface area contributed by atoms with Crippen LogP contribution in [-0.4, -0.2) is 81.3 Å². The molecule has 0 radical (unpaired) electrons. The minimum absolute atomic E-state index is 0.413. The predicted molar refractivity (Wildman–Crippen MR) is 114 cm³/mol. The van der Waals surface area contributed by atoms with Gasteiger partial charge in [-0.05, 0) is 57.3 Å². The number of hydrogen-bond acceptors (Lipinski definition) is 5. The summed E-state index contributed by atoms with van der Waals surface area (Å²) in [7, 11) is 0. The van der Waals surface area contributed by atoms with Crippen molar-refractivity contribution >= 4 is 17.3 Å². The van der Waals surface area contributed by atoms with Gasteiger partial charge in [-0.1, -0.05) is 6.07 Å². The molecule has 2 N–H and O–H groups in total. The van der Waals surface area contributed by atoms with Gasteiger partial charge in [0, 0.05) is 31.1 Å². The van der Waals surface area contributed by atoms with E-state index >= 15 is 0 Å². The molecule has 2 aliphatic heterocycles. The molecule has 0 spiro atoms. The lowest BCUT2D eigenvalue weighted by molar-refractivity contribution is 0.0376. The van der Waals surface area contributed by atoms with Crippen LogP contribution >= 0.6 is 11.3 Å². The SMILES string of the molecule is CCNC(=NCC(c1cccs1)N1CCCC1)NCCCN1CCOCC1. The number of guanidine groups is 1. The van der Waals surface area contributed by atoms with Crippen LogP contribution in [0, 0.1) is 0 Å². The van der Waals surface area contributed by atoms with E-state index in [4.69, 9.17) is 9.73 Å². The van der Waals surface area contributed by atoms with Gasteiger partial charge in [-0.3, -0.25) is 14.8 Å². The van der Waals surface area contributed by atoms with E-state index in [0.717, 1.165) is 64.9 Å². The number of likely N-dealkylation sites (tertiary alicyclic amines) is 1. The summed E-state index contributed by atoms with van der Waals surface area (Å²) in [5.41, 5.74) is 0. The van der Waals surface area contributed by atoms with Crippen LogP contribution in [0.15, 0.2) is 22.5 Å². The van der Waals surface area contributed by atoms with Crippen LogP contribution in [0.25, 0.3) is 0 Å². The monoisotopic (exact) mass is 393 g/mol. The van der Waals surface area contributed by atoms with Gasteiger partial charge in [-0.2, -0.15) is 0 Å². The summed E-state index contributed by atoms with van der Waals surface area (Å²) < 4.78 is 5.41. The van der Waals surface area contributed by atoms with Crippen molar-refractivity contribution in [2.45, 2.75) is 32.2 Å². The summed E-state index contributed by atoms with van der Waals surface area (Å²) in [6.45, 7) is 12.2. The highest BCUT2D eigenvalue weighted by Gasteiger charge is 2.24. The largest absolute Gasteiger partial charge is 0.379 e. The Bertz CT molecular complexity index is 539. The van der Waals surface area contributed by atoms with E-state index in [9.17, 15) is 0 Å². The number of hydrogen-bond donors (Lipinski definition) is 2. The number of thiophene rings is 1. The van der Waals surface area contributed by atoms with Crippen LogP contribution in [0.4, 0.5) is 0 Å². The average Bonchev–Trinajstić information content (AvgIpc) is 3.41. The maximum absolute atomic E-state index is 5.41. The van der Waals surface area contributed by atoms with Crippen molar-refractivity contribution < 1.29 is 4.74 Å². The average molecular weight is 394 g/mol. The molecule has 2 aliphatic rings. The molecule has 27 heavy (non-hydrogen) atoms. The van der Waals surface area contributed by atoms with Crippen molar-refractivity contribution in [3.63, 3.8) is 0 Å². The Kier molecular flexibility index (Phi) is 8.87. The van der Waals surface area contributed by atoms with Crippen LogP contribution in [-0.2, 0) is 4.74 Å². The molecule has 3 rings (SSSR count). The summed E-state index contributed by atoms with van der Waals surface area (Å²) in [5.74, 6) is 0.945. The molecule has 1 unspecified atom stereocenters. The quantitative estimate of drug-likeness (QED) is 0.383. The Morgan fingerprint density at radius 1 is 1.22 bits per heavy atom. The first-order valence-electron chi connectivity index (χ1n) is 10.5. The Labute approximate surface area is 168 Å². The first-order valence-corrected chi connectivity index (χ1v) is 11.3. The maximum atomic E-state index is 5.41. The molecule has 152 valence electrons. The molecule has 2 saturated heterocycles. The maximum Gasteiger partial charge on any atom is 0.191 e. The molecular formula is C20H35N5OS. The van der Waals surface area contributed by atoms with Crippen LogP contribution < -0.4 is 10.6 Å². The summed E-state index contributed by atoms with van der Waals surface area (Å²) >= 11 is 1.85. The van der Waals surface area contributed by atoms with Gasteiger partial charge in [0.2, 0.25) is 0 Å². The van der Waals surface area contributed by atoms with E-state index in [1.54, 1.807) is 0 Å². The van der Waals surface area contributed by atoms with Crippen LogP contribution in [0.5, 0.6) is 0 Å². The Morgan fingerprint density at radius 3 is 2.74 bits per heavy atom. The van der Waals surface area contributed by atoms with E-state index in [0.29, 0.717) is 6.04 Å². The second-order valence-corrected chi connectivity index (χ2v) is 8.21. The van der Waals surface area contributed by atoms with Crippen LogP contribution in [0.3, 0.4) is 0 Å². The van der Waals surface area contributed by atoms with Gasteiger partial charge >= 0.3 is 0 Å². The first-order chi connectivity index (χ1) is 13.4. The highest BCUT2D eigenvalue weighted by molar-refractivity contribution is 7.10. The molecule has 2 fully saturated rings.